The molecule has 11 rings (SSSR count). The Balaban J connectivity index is 1.21. The van der Waals surface area contributed by atoms with Crippen LogP contribution in [-0.2, 0) is 12.0 Å². The largest absolute Gasteiger partial charge is 0.488 e. The smallest absolute Gasteiger partial charge is 0.127 e. The summed E-state index contributed by atoms with van der Waals surface area (Å²) in [7, 11) is 0. The SMILES string of the molecule is c1ccc2c(c1)COc1ccc(-c3ccc4c(c3)Sc3ccccc3C43c4ccccc4-n4c5ccccc5c5cccc3c54)cc1-2. The van der Waals surface area contributed by atoms with Gasteiger partial charge in [-0.2, -0.15) is 0 Å². The Bertz CT molecular complexity index is 2630. The van der Waals surface area contributed by atoms with Crippen molar-refractivity contribution in [3.8, 4) is 33.7 Å². The summed E-state index contributed by atoms with van der Waals surface area (Å²) < 4.78 is 8.66. The molecule has 1 unspecified atom stereocenters. The molecule has 0 saturated heterocycles. The maximum absolute atomic E-state index is 6.15. The lowest BCUT2D eigenvalue weighted by molar-refractivity contribution is 0.302. The molecule has 0 aliphatic carbocycles. The van der Waals surface area contributed by atoms with E-state index in [1.807, 2.05) is 11.8 Å². The van der Waals surface area contributed by atoms with Gasteiger partial charge in [0.25, 0.3) is 0 Å². The van der Waals surface area contributed by atoms with Crippen LogP contribution in [0.2, 0.25) is 0 Å². The first kappa shape index (κ1) is 25.7. The molecular formula is C44H27NOS. The highest BCUT2D eigenvalue weighted by atomic mass is 32.2. The van der Waals surface area contributed by atoms with Gasteiger partial charge in [-0.15, -0.1) is 0 Å². The molecule has 0 radical (unpaired) electrons. The summed E-state index contributed by atoms with van der Waals surface area (Å²) in [5.74, 6) is 0.954. The van der Waals surface area contributed by atoms with Crippen molar-refractivity contribution < 1.29 is 4.74 Å². The van der Waals surface area contributed by atoms with Crippen LogP contribution in [0.15, 0.2) is 161 Å². The monoisotopic (exact) mass is 617 g/mol. The summed E-state index contributed by atoms with van der Waals surface area (Å²) in [6, 6.07) is 56.3. The number of para-hydroxylation sites is 3. The second-order valence-electron chi connectivity index (χ2n) is 12.8. The third-order valence-electron chi connectivity index (χ3n) is 10.5. The first-order valence-electron chi connectivity index (χ1n) is 16.2. The second kappa shape index (κ2) is 9.28. The Kier molecular flexibility index (Phi) is 5.07. The van der Waals surface area contributed by atoms with Crippen LogP contribution in [0.3, 0.4) is 0 Å². The summed E-state index contributed by atoms with van der Waals surface area (Å²) in [6.45, 7) is 0.618. The zero-order chi connectivity index (χ0) is 30.7. The molecule has 7 aromatic carbocycles. The predicted molar refractivity (Wildman–Crippen MR) is 192 cm³/mol. The Morgan fingerprint density at radius 1 is 0.532 bits per heavy atom. The average molecular weight is 618 g/mol. The number of aromatic nitrogens is 1. The molecule has 0 fully saturated rings. The van der Waals surface area contributed by atoms with Gasteiger partial charge in [0.05, 0.1) is 22.1 Å². The number of ether oxygens (including phenoxy) is 1. The molecule has 1 atom stereocenters. The van der Waals surface area contributed by atoms with Gasteiger partial charge in [-0.05, 0) is 80.9 Å². The third kappa shape index (κ3) is 3.27. The zero-order valence-corrected chi connectivity index (χ0v) is 26.2. The van der Waals surface area contributed by atoms with Gasteiger partial charge in [0.1, 0.15) is 12.4 Å². The fraction of sp³-hybridized carbons (Fsp3) is 0.0455. The van der Waals surface area contributed by atoms with Crippen molar-refractivity contribution in [2.75, 3.05) is 0 Å². The van der Waals surface area contributed by atoms with E-state index in [4.69, 9.17) is 4.74 Å². The lowest BCUT2D eigenvalue weighted by Gasteiger charge is -2.45. The minimum absolute atomic E-state index is 0.460. The maximum Gasteiger partial charge on any atom is 0.127 e. The van der Waals surface area contributed by atoms with E-state index in [0.717, 1.165) is 11.3 Å². The summed E-state index contributed by atoms with van der Waals surface area (Å²) in [5.41, 5.74) is 14.8. The lowest BCUT2D eigenvalue weighted by atomic mass is 9.62. The number of rotatable bonds is 1. The summed E-state index contributed by atoms with van der Waals surface area (Å²) >= 11 is 1.90. The zero-order valence-electron chi connectivity index (χ0n) is 25.4. The molecule has 1 spiro atoms. The Hall–Kier alpha value is -5.51. The molecule has 0 N–H and O–H groups in total. The van der Waals surface area contributed by atoms with Crippen LogP contribution >= 0.6 is 11.8 Å². The van der Waals surface area contributed by atoms with Crippen molar-refractivity contribution in [1.29, 1.82) is 0 Å². The van der Waals surface area contributed by atoms with Gasteiger partial charge in [-0.25, -0.2) is 0 Å². The van der Waals surface area contributed by atoms with Crippen molar-refractivity contribution >= 4 is 33.6 Å². The lowest BCUT2D eigenvalue weighted by Crippen LogP contribution is -2.37. The molecule has 3 heteroatoms. The number of fused-ring (bicyclic) bond motifs is 14. The van der Waals surface area contributed by atoms with Crippen LogP contribution in [0.4, 0.5) is 0 Å². The van der Waals surface area contributed by atoms with Gasteiger partial charge in [0.15, 0.2) is 0 Å². The molecule has 1 aromatic heterocycles. The molecule has 3 aliphatic heterocycles. The highest BCUT2D eigenvalue weighted by molar-refractivity contribution is 7.99. The minimum Gasteiger partial charge on any atom is -0.488 e. The van der Waals surface area contributed by atoms with Crippen molar-refractivity contribution in [3.63, 3.8) is 0 Å². The van der Waals surface area contributed by atoms with Gasteiger partial charge in [-0.1, -0.05) is 127 Å². The number of hydrogen-bond acceptors (Lipinski definition) is 2. The van der Waals surface area contributed by atoms with E-state index >= 15 is 0 Å². The normalized spacial score (nSPS) is 16.6. The highest BCUT2D eigenvalue weighted by Gasteiger charge is 2.49. The Labute approximate surface area is 276 Å². The molecule has 4 heterocycles. The van der Waals surface area contributed by atoms with E-state index in [1.54, 1.807) is 0 Å². The minimum atomic E-state index is -0.460. The van der Waals surface area contributed by atoms with E-state index < -0.39 is 5.41 Å². The van der Waals surface area contributed by atoms with E-state index in [9.17, 15) is 0 Å². The van der Waals surface area contributed by atoms with Crippen LogP contribution in [0.5, 0.6) is 5.75 Å². The molecule has 47 heavy (non-hydrogen) atoms. The van der Waals surface area contributed by atoms with Crippen LogP contribution in [0.1, 0.15) is 27.8 Å². The van der Waals surface area contributed by atoms with Gasteiger partial charge < -0.3 is 9.30 Å². The van der Waals surface area contributed by atoms with Gasteiger partial charge in [0, 0.05) is 26.1 Å². The van der Waals surface area contributed by atoms with E-state index in [0.29, 0.717) is 6.61 Å². The molecule has 2 nitrogen and oxygen atoms in total. The Morgan fingerprint density at radius 3 is 2.23 bits per heavy atom. The fourth-order valence-electron chi connectivity index (χ4n) is 8.62. The van der Waals surface area contributed by atoms with Crippen LogP contribution in [-0.4, -0.2) is 4.57 Å². The predicted octanol–water partition coefficient (Wildman–Crippen LogP) is 11.2. The van der Waals surface area contributed by atoms with Crippen LogP contribution < -0.4 is 4.74 Å². The van der Waals surface area contributed by atoms with Gasteiger partial charge in [0.2, 0.25) is 0 Å². The van der Waals surface area contributed by atoms with E-state index in [1.165, 1.54) is 81.8 Å². The van der Waals surface area contributed by atoms with Gasteiger partial charge in [-0.3, -0.25) is 0 Å². The molecular weight excluding hydrogens is 591 g/mol. The molecule has 0 saturated carbocycles. The van der Waals surface area contributed by atoms with Crippen molar-refractivity contribution in [1.82, 2.24) is 4.57 Å². The standard InChI is InChI=1S/C44H27NOS/c1-2-11-30-29(10-1)26-46-40-23-21-27(24-33(30)40)28-20-22-36-42(25-28)47-41-19-8-5-15-35(41)44(36)34-14-4-7-18-39(34)45-38-17-6-3-12-31(38)32-13-9-16-37(44)43(32)45/h1-25H,26H2. The molecule has 0 amide bonds. The quantitative estimate of drug-likeness (QED) is 0.182. The van der Waals surface area contributed by atoms with Gasteiger partial charge >= 0.3 is 0 Å². The van der Waals surface area contributed by atoms with Crippen molar-refractivity contribution in [2.45, 2.75) is 21.8 Å². The molecule has 3 aliphatic rings. The molecule has 0 bridgehead atoms. The fourth-order valence-corrected chi connectivity index (χ4v) is 9.85. The summed E-state index contributed by atoms with van der Waals surface area (Å²) in [6.07, 6.45) is 0. The first-order valence-corrected chi connectivity index (χ1v) is 17.0. The third-order valence-corrected chi connectivity index (χ3v) is 11.7. The molecule has 8 aromatic rings. The number of nitrogens with zero attached hydrogens (tertiary/aromatic N) is 1. The molecule has 220 valence electrons. The van der Waals surface area contributed by atoms with Crippen LogP contribution in [0, 0.1) is 0 Å². The summed E-state index contributed by atoms with van der Waals surface area (Å²) in [5, 5.41) is 2.60. The topological polar surface area (TPSA) is 14.2 Å². The highest BCUT2D eigenvalue weighted by Crippen LogP contribution is 2.60. The second-order valence-corrected chi connectivity index (χ2v) is 13.9. The van der Waals surface area contributed by atoms with Crippen molar-refractivity contribution in [2.24, 2.45) is 0 Å². The van der Waals surface area contributed by atoms with Crippen molar-refractivity contribution in [3.05, 3.63) is 179 Å². The Morgan fingerprint density at radius 2 is 1.26 bits per heavy atom. The van der Waals surface area contributed by atoms with E-state index in [2.05, 4.69) is 156 Å². The maximum atomic E-state index is 6.15. The van der Waals surface area contributed by atoms with Crippen LogP contribution in [0.25, 0.3) is 49.7 Å². The van der Waals surface area contributed by atoms with E-state index in [-0.39, 0.29) is 0 Å². The average Bonchev–Trinajstić information content (AvgIpc) is 3.48. The number of hydrogen-bond donors (Lipinski definition) is 0. The first-order chi connectivity index (χ1) is 23.3. The summed E-state index contributed by atoms with van der Waals surface area (Å²) in [4.78, 5) is 2.60. The number of benzene rings is 7.